The van der Waals surface area contributed by atoms with E-state index < -0.39 is 11.7 Å². The minimum atomic E-state index is -4.50. The van der Waals surface area contributed by atoms with Crippen LogP contribution in [0.15, 0.2) is 24.4 Å². The van der Waals surface area contributed by atoms with E-state index in [1.54, 1.807) is 13.1 Å². The summed E-state index contributed by atoms with van der Waals surface area (Å²) in [6, 6.07) is 3.57. The first kappa shape index (κ1) is 12.8. The SMILES string of the molecule is Cc1cn(-c2ccc(Cl)c(C(F)(F)F)c2)nc1N. The summed E-state index contributed by atoms with van der Waals surface area (Å²) in [5.74, 6) is 0.276. The first-order valence-electron chi connectivity index (χ1n) is 4.98. The third-order valence-electron chi connectivity index (χ3n) is 2.46. The Morgan fingerprint density at radius 2 is 2.00 bits per heavy atom. The molecule has 1 aromatic heterocycles. The Morgan fingerprint density at radius 3 is 2.50 bits per heavy atom. The number of nitrogens with zero attached hydrogens (tertiary/aromatic N) is 2. The van der Waals surface area contributed by atoms with Crippen LogP contribution in [0.1, 0.15) is 11.1 Å². The zero-order valence-corrected chi connectivity index (χ0v) is 10.0. The lowest BCUT2D eigenvalue weighted by Crippen LogP contribution is -2.07. The summed E-state index contributed by atoms with van der Waals surface area (Å²) in [4.78, 5) is 0. The lowest BCUT2D eigenvalue weighted by molar-refractivity contribution is -0.137. The van der Waals surface area contributed by atoms with Gasteiger partial charge in [0.2, 0.25) is 0 Å². The summed E-state index contributed by atoms with van der Waals surface area (Å²) in [5, 5.41) is 3.57. The normalized spacial score (nSPS) is 11.8. The van der Waals surface area contributed by atoms with E-state index in [9.17, 15) is 13.2 Å². The summed E-state index contributed by atoms with van der Waals surface area (Å²) in [7, 11) is 0. The van der Waals surface area contributed by atoms with Crippen LogP contribution in [-0.2, 0) is 6.18 Å². The number of alkyl halides is 3. The van der Waals surface area contributed by atoms with Crippen molar-refractivity contribution in [1.29, 1.82) is 0 Å². The zero-order valence-electron chi connectivity index (χ0n) is 9.29. The summed E-state index contributed by atoms with van der Waals surface area (Å²) in [6.45, 7) is 1.72. The highest BCUT2D eigenvalue weighted by atomic mass is 35.5. The van der Waals surface area contributed by atoms with Gasteiger partial charge in [0, 0.05) is 11.8 Å². The molecule has 0 radical (unpaired) electrons. The van der Waals surface area contributed by atoms with E-state index in [1.165, 1.54) is 16.8 Å². The van der Waals surface area contributed by atoms with Gasteiger partial charge in [0.25, 0.3) is 0 Å². The Bertz CT molecular complexity index is 570. The van der Waals surface area contributed by atoms with Crippen LogP contribution in [0, 0.1) is 6.92 Å². The van der Waals surface area contributed by atoms with Crippen LogP contribution < -0.4 is 5.73 Å². The number of anilines is 1. The number of rotatable bonds is 1. The highest BCUT2D eigenvalue weighted by Gasteiger charge is 2.33. The van der Waals surface area contributed by atoms with Gasteiger partial charge in [-0.1, -0.05) is 11.6 Å². The number of hydrogen-bond donors (Lipinski definition) is 1. The van der Waals surface area contributed by atoms with Gasteiger partial charge in [-0.2, -0.15) is 18.3 Å². The second-order valence-electron chi connectivity index (χ2n) is 3.80. The Morgan fingerprint density at radius 1 is 1.33 bits per heavy atom. The van der Waals surface area contributed by atoms with Crippen molar-refractivity contribution in [1.82, 2.24) is 9.78 Å². The summed E-state index contributed by atoms with van der Waals surface area (Å²) in [6.07, 6.45) is -2.94. The van der Waals surface area contributed by atoms with E-state index in [-0.39, 0.29) is 16.5 Å². The standard InChI is InChI=1S/C11H9ClF3N3/c1-6-5-18(17-10(6)16)7-2-3-9(12)8(4-7)11(13,14)15/h2-5H,1H3,(H2,16,17). The molecule has 0 aliphatic rings. The Kier molecular flexibility index (Phi) is 2.98. The molecule has 0 atom stereocenters. The van der Waals surface area contributed by atoms with E-state index in [0.29, 0.717) is 5.56 Å². The maximum Gasteiger partial charge on any atom is 0.417 e. The number of aromatic nitrogens is 2. The molecule has 0 unspecified atom stereocenters. The molecule has 2 aromatic rings. The molecule has 2 rings (SSSR count). The average Bonchev–Trinajstić information content (AvgIpc) is 2.58. The monoisotopic (exact) mass is 275 g/mol. The maximum atomic E-state index is 12.7. The number of aryl methyl sites for hydroxylation is 1. The van der Waals surface area contributed by atoms with Crippen molar-refractivity contribution in [3.63, 3.8) is 0 Å². The molecule has 96 valence electrons. The second-order valence-corrected chi connectivity index (χ2v) is 4.21. The predicted octanol–water partition coefficient (Wildman–Crippen LogP) is 3.44. The molecule has 0 amide bonds. The smallest absolute Gasteiger partial charge is 0.382 e. The molecule has 2 N–H and O–H groups in total. The molecule has 7 heteroatoms. The molecule has 18 heavy (non-hydrogen) atoms. The first-order chi connectivity index (χ1) is 8.29. The van der Waals surface area contributed by atoms with Gasteiger partial charge in [-0.3, -0.25) is 0 Å². The molecule has 1 aromatic carbocycles. The molecular weight excluding hydrogens is 267 g/mol. The van der Waals surface area contributed by atoms with Gasteiger partial charge in [0.05, 0.1) is 16.3 Å². The Labute approximate surface area is 106 Å². The molecule has 0 aliphatic carbocycles. The van der Waals surface area contributed by atoms with Crippen molar-refractivity contribution in [2.24, 2.45) is 0 Å². The van der Waals surface area contributed by atoms with Crippen molar-refractivity contribution in [2.45, 2.75) is 13.1 Å². The van der Waals surface area contributed by atoms with Crippen LogP contribution in [0.4, 0.5) is 19.0 Å². The number of hydrogen-bond acceptors (Lipinski definition) is 2. The molecule has 0 aliphatic heterocycles. The van der Waals surface area contributed by atoms with E-state index in [0.717, 1.165) is 6.07 Å². The Balaban J connectivity index is 2.54. The molecule has 0 saturated carbocycles. The average molecular weight is 276 g/mol. The predicted molar refractivity (Wildman–Crippen MR) is 62.7 cm³/mol. The van der Waals surface area contributed by atoms with Gasteiger partial charge in [-0.05, 0) is 25.1 Å². The van der Waals surface area contributed by atoms with Crippen molar-refractivity contribution in [2.75, 3.05) is 5.73 Å². The van der Waals surface area contributed by atoms with Crippen molar-refractivity contribution in [3.8, 4) is 5.69 Å². The number of nitrogen functional groups attached to an aromatic ring is 1. The highest BCUT2D eigenvalue weighted by molar-refractivity contribution is 6.31. The van der Waals surface area contributed by atoms with Crippen LogP contribution in [0.2, 0.25) is 5.02 Å². The largest absolute Gasteiger partial charge is 0.417 e. The van der Waals surface area contributed by atoms with Gasteiger partial charge in [0.15, 0.2) is 0 Å². The molecular formula is C11H9ClF3N3. The van der Waals surface area contributed by atoms with E-state index >= 15 is 0 Å². The fourth-order valence-electron chi connectivity index (χ4n) is 1.48. The number of benzene rings is 1. The summed E-state index contributed by atoms with van der Waals surface area (Å²) in [5.41, 5.74) is 5.61. The maximum absolute atomic E-state index is 12.7. The van der Waals surface area contributed by atoms with Gasteiger partial charge < -0.3 is 5.73 Å². The van der Waals surface area contributed by atoms with Crippen molar-refractivity contribution < 1.29 is 13.2 Å². The van der Waals surface area contributed by atoms with E-state index in [1.807, 2.05) is 0 Å². The summed E-state index contributed by atoms with van der Waals surface area (Å²) >= 11 is 5.53. The fourth-order valence-corrected chi connectivity index (χ4v) is 1.70. The lowest BCUT2D eigenvalue weighted by Gasteiger charge is -2.10. The lowest BCUT2D eigenvalue weighted by atomic mass is 10.2. The quantitative estimate of drug-likeness (QED) is 0.866. The third-order valence-corrected chi connectivity index (χ3v) is 2.78. The van der Waals surface area contributed by atoms with E-state index in [4.69, 9.17) is 17.3 Å². The molecule has 0 fully saturated rings. The first-order valence-corrected chi connectivity index (χ1v) is 5.35. The number of halogens is 4. The Hall–Kier alpha value is -1.69. The van der Waals surface area contributed by atoms with Crippen molar-refractivity contribution >= 4 is 17.4 Å². The van der Waals surface area contributed by atoms with E-state index in [2.05, 4.69) is 5.10 Å². The van der Waals surface area contributed by atoms with Crippen LogP contribution in [-0.4, -0.2) is 9.78 Å². The molecule has 0 bridgehead atoms. The van der Waals surface area contributed by atoms with Gasteiger partial charge in [-0.15, -0.1) is 0 Å². The topological polar surface area (TPSA) is 43.8 Å². The van der Waals surface area contributed by atoms with Crippen LogP contribution in [0.3, 0.4) is 0 Å². The molecule has 0 saturated heterocycles. The third kappa shape index (κ3) is 2.28. The van der Waals surface area contributed by atoms with Gasteiger partial charge in [0.1, 0.15) is 5.82 Å². The summed E-state index contributed by atoms with van der Waals surface area (Å²) < 4.78 is 39.4. The number of nitrogens with two attached hydrogens (primary N) is 1. The van der Waals surface area contributed by atoms with Crippen LogP contribution in [0.5, 0.6) is 0 Å². The fraction of sp³-hybridized carbons (Fsp3) is 0.182. The second kappa shape index (κ2) is 4.20. The van der Waals surface area contributed by atoms with Crippen LogP contribution >= 0.6 is 11.6 Å². The van der Waals surface area contributed by atoms with Gasteiger partial charge in [-0.25, -0.2) is 4.68 Å². The van der Waals surface area contributed by atoms with Crippen molar-refractivity contribution in [3.05, 3.63) is 40.5 Å². The minimum Gasteiger partial charge on any atom is -0.382 e. The molecule has 0 spiro atoms. The minimum absolute atomic E-state index is 0.256. The van der Waals surface area contributed by atoms with Gasteiger partial charge >= 0.3 is 6.18 Å². The van der Waals surface area contributed by atoms with Crippen LogP contribution in [0.25, 0.3) is 5.69 Å². The molecule has 3 nitrogen and oxygen atoms in total. The zero-order chi connectivity index (χ0) is 13.5. The highest BCUT2D eigenvalue weighted by Crippen LogP contribution is 2.35. The molecule has 1 heterocycles.